The second-order valence-corrected chi connectivity index (χ2v) is 6.45. The van der Waals surface area contributed by atoms with Crippen molar-refractivity contribution >= 4 is 39.3 Å². The number of halogens is 2. The molecule has 1 aliphatic heterocycles. The SMILES string of the molecule is Cc1ccc(C2=NCC(=O)N(Cc3ccc(Cl)nc3)N2)cc1Br. The van der Waals surface area contributed by atoms with E-state index in [1.807, 2.05) is 31.2 Å². The van der Waals surface area contributed by atoms with Gasteiger partial charge in [0.05, 0.1) is 6.54 Å². The molecule has 118 valence electrons. The molecule has 7 heteroatoms. The quantitative estimate of drug-likeness (QED) is 0.815. The fraction of sp³-hybridized carbons (Fsp3) is 0.188. The van der Waals surface area contributed by atoms with Gasteiger partial charge >= 0.3 is 0 Å². The summed E-state index contributed by atoms with van der Waals surface area (Å²) in [5, 5.41) is 1.97. The Morgan fingerprint density at radius 3 is 2.87 bits per heavy atom. The van der Waals surface area contributed by atoms with Crippen LogP contribution in [0.25, 0.3) is 0 Å². The normalized spacial score (nSPS) is 14.5. The van der Waals surface area contributed by atoms with Gasteiger partial charge in [-0.2, -0.15) is 0 Å². The van der Waals surface area contributed by atoms with E-state index in [-0.39, 0.29) is 12.5 Å². The van der Waals surface area contributed by atoms with Crippen LogP contribution >= 0.6 is 27.5 Å². The topological polar surface area (TPSA) is 57.6 Å². The third-order valence-corrected chi connectivity index (χ3v) is 4.57. The molecule has 1 N–H and O–H groups in total. The molecule has 2 heterocycles. The Kier molecular flexibility index (Phi) is 4.63. The lowest BCUT2D eigenvalue weighted by Crippen LogP contribution is -2.50. The first-order valence-electron chi connectivity index (χ1n) is 7.01. The fourth-order valence-corrected chi connectivity index (χ4v) is 2.65. The summed E-state index contributed by atoms with van der Waals surface area (Å²) in [7, 11) is 0. The number of pyridine rings is 1. The summed E-state index contributed by atoms with van der Waals surface area (Å²) in [4.78, 5) is 20.4. The molecule has 0 radical (unpaired) electrons. The lowest BCUT2D eigenvalue weighted by Gasteiger charge is -2.28. The molecule has 0 atom stereocenters. The summed E-state index contributed by atoms with van der Waals surface area (Å²) in [5.74, 6) is 0.585. The van der Waals surface area contributed by atoms with E-state index in [1.54, 1.807) is 17.3 Å². The summed E-state index contributed by atoms with van der Waals surface area (Å²) in [5.41, 5.74) is 6.04. The van der Waals surface area contributed by atoms with Crippen molar-refractivity contribution in [2.45, 2.75) is 13.5 Å². The number of carbonyl (C=O) groups is 1. The zero-order chi connectivity index (χ0) is 16.4. The molecule has 2 aromatic rings. The average Bonchev–Trinajstić information content (AvgIpc) is 2.54. The molecule has 1 aromatic carbocycles. The summed E-state index contributed by atoms with van der Waals surface area (Å²) >= 11 is 9.30. The van der Waals surface area contributed by atoms with Crippen molar-refractivity contribution in [1.82, 2.24) is 15.4 Å². The number of rotatable bonds is 3. The number of aryl methyl sites for hydroxylation is 1. The highest BCUT2D eigenvalue weighted by Crippen LogP contribution is 2.18. The van der Waals surface area contributed by atoms with Crippen LogP contribution in [0.3, 0.4) is 0 Å². The van der Waals surface area contributed by atoms with E-state index in [0.717, 1.165) is 21.2 Å². The van der Waals surface area contributed by atoms with E-state index in [2.05, 4.69) is 31.3 Å². The minimum absolute atomic E-state index is 0.0881. The van der Waals surface area contributed by atoms with Crippen LogP contribution in [0.1, 0.15) is 16.7 Å². The van der Waals surface area contributed by atoms with Gasteiger partial charge in [-0.15, -0.1) is 0 Å². The number of amidine groups is 1. The van der Waals surface area contributed by atoms with Crippen LogP contribution in [0.2, 0.25) is 5.15 Å². The van der Waals surface area contributed by atoms with Gasteiger partial charge in [0.2, 0.25) is 0 Å². The van der Waals surface area contributed by atoms with Gasteiger partial charge in [-0.05, 0) is 30.2 Å². The minimum Gasteiger partial charge on any atom is -0.279 e. The van der Waals surface area contributed by atoms with E-state index in [1.165, 1.54) is 0 Å². The summed E-state index contributed by atoms with van der Waals surface area (Å²) < 4.78 is 1.00. The predicted molar refractivity (Wildman–Crippen MR) is 93.2 cm³/mol. The maximum atomic E-state index is 12.1. The van der Waals surface area contributed by atoms with E-state index in [9.17, 15) is 4.79 Å². The number of nitrogens with zero attached hydrogens (tertiary/aromatic N) is 3. The van der Waals surface area contributed by atoms with Gasteiger partial charge in [-0.3, -0.25) is 15.2 Å². The van der Waals surface area contributed by atoms with Crippen molar-refractivity contribution in [3.05, 3.63) is 62.8 Å². The number of nitrogens with one attached hydrogen (secondary N) is 1. The molecule has 0 unspecified atom stereocenters. The zero-order valence-corrected chi connectivity index (χ0v) is 14.7. The second-order valence-electron chi connectivity index (χ2n) is 5.21. The Labute approximate surface area is 147 Å². The highest BCUT2D eigenvalue weighted by Gasteiger charge is 2.21. The molecule has 0 bridgehead atoms. The first-order valence-corrected chi connectivity index (χ1v) is 8.18. The number of hydrazine groups is 1. The zero-order valence-electron chi connectivity index (χ0n) is 12.4. The fourth-order valence-electron chi connectivity index (χ4n) is 2.16. The molecule has 0 saturated heterocycles. The van der Waals surface area contributed by atoms with Crippen LogP contribution in [0, 0.1) is 6.92 Å². The van der Waals surface area contributed by atoms with Gasteiger partial charge in [0.1, 0.15) is 17.5 Å². The molecule has 1 aromatic heterocycles. The Bertz CT molecular complexity index is 776. The maximum absolute atomic E-state index is 12.1. The molecular weight excluding hydrogens is 380 g/mol. The number of amides is 1. The number of benzene rings is 1. The van der Waals surface area contributed by atoms with Gasteiger partial charge in [0, 0.05) is 16.2 Å². The van der Waals surface area contributed by atoms with Gasteiger partial charge in [-0.1, -0.05) is 45.7 Å². The summed E-state index contributed by atoms with van der Waals surface area (Å²) in [6.45, 7) is 2.54. The Morgan fingerprint density at radius 2 is 2.17 bits per heavy atom. The van der Waals surface area contributed by atoms with Gasteiger partial charge in [0.15, 0.2) is 0 Å². The minimum atomic E-state index is -0.0881. The molecule has 3 rings (SSSR count). The summed E-state index contributed by atoms with van der Waals surface area (Å²) in [6, 6.07) is 9.52. The molecule has 23 heavy (non-hydrogen) atoms. The number of carbonyl (C=O) groups excluding carboxylic acids is 1. The van der Waals surface area contributed by atoms with Crippen LogP contribution < -0.4 is 5.43 Å². The molecule has 0 spiro atoms. The van der Waals surface area contributed by atoms with Gasteiger partial charge in [0.25, 0.3) is 5.91 Å². The van der Waals surface area contributed by atoms with Crippen LogP contribution in [-0.2, 0) is 11.3 Å². The van der Waals surface area contributed by atoms with Gasteiger partial charge in [-0.25, -0.2) is 9.99 Å². The van der Waals surface area contributed by atoms with Crippen LogP contribution in [0.15, 0.2) is 46.0 Å². The molecule has 1 amide bonds. The third-order valence-electron chi connectivity index (χ3n) is 3.49. The molecule has 5 nitrogen and oxygen atoms in total. The second kappa shape index (κ2) is 6.68. The molecule has 0 aliphatic carbocycles. The van der Waals surface area contributed by atoms with Gasteiger partial charge < -0.3 is 0 Å². The van der Waals surface area contributed by atoms with Crippen molar-refractivity contribution in [2.24, 2.45) is 4.99 Å². The van der Waals surface area contributed by atoms with E-state index >= 15 is 0 Å². The third kappa shape index (κ3) is 3.71. The Morgan fingerprint density at radius 1 is 1.35 bits per heavy atom. The van der Waals surface area contributed by atoms with E-state index in [0.29, 0.717) is 17.5 Å². The molecule has 0 saturated carbocycles. The maximum Gasteiger partial charge on any atom is 0.262 e. The first-order chi connectivity index (χ1) is 11.0. The first kappa shape index (κ1) is 16.0. The van der Waals surface area contributed by atoms with Crippen molar-refractivity contribution in [1.29, 1.82) is 0 Å². The van der Waals surface area contributed by atoms with Crippen LogP contribution in [-0.4, -0.2) is 28.3 Å². The average molecular weight is 394 g/mol. The number of aliphatic imine (C=N–C) groups is 1. The van der Waals surface area contributed by atoms with Crippen LogP contribution in [0.5, 0.6) is 0 Å². The lowest BCUT2D eigenvalue weighted by molar-refractivity contribution is -0.132. The number of hydrogen-bond acceptors (Lipinski definition) is 4. The lowest BCUT2D eigenvalue weighted by atomic mass is 10.1. The standard InChI is InChI=1S/C16H14BrClN4O/c1-10-2-4-12(6-13(10)17)16-20-8-15(23)22(21-16)9-11-3-5-14(18)19-7-11/h2-7H,8-9H2,1H3,(H,20,21). The Hall–Kier alpha value is -1.92. The monoisotopic (exact) mass is 392 g/mol. The van der Waals surface area contributed by atoms with Crippen molar-refractivity contribution in [3.8, 4) is 0 Å². The van der Waals surface area contributed by atoms with E-state index < -0.39 is 0 Å². The smallest absolute Gasteiger partial charge is 0.262 e. The van der Waals surface area contributed by atoms with Crippen molar-refractivity contribution < 1.29 is 4.79 Å². The van der Waals surface area contributed by atoms with Crippen molar-refractivity contribution in [3.63, 3.8) is 0 Å². The largest absolute Gasteiger partial charge is 0.279 e. The number of aromatic nitrogens is 1. The molecule has 0 fully saturated rings. The molecule has 1 aliphatic rings. The molecular formula is C16H14BrClN4O. The predicted octanol–water partition coefficient (Wildman–Crippen LogP) is 3.10. The number of hydrogen-bond donors (Lipinski definition) is 1. The summed E-state index contributed by atoms with van der Waals surface area (Å²) in [6.07, 6.45) is 1.66. The van der Waals surface area contributed by atoms with Crippen molar-refractivity contribution in [2.75, 3.05) is 6.54 Å². The highest BCUT2D eigenvalue weighted by atomic mass is 79.9. The van der Waals surface area contributed by atoms with E-state index in [4.69, 9.17) is 11.6 Å². The van der Waals surface area contributed by atoms with Crippen LogP contribution in [0.4, 0.5) is 0 Å². The Balaban J connectivity index is 1.79. The highest BCUT2D eigenvalue weighted by molar-refractivity contribution is 9.10.